The molecule has 2 N–H and O–H groups in total. The average molecular weight is 505 g/mol. The monoisotopic (exact) mass is 504 g/mol. The van der Waals surface area contributed by atoms with Gasteiger partial charge in [-0.15, -0.1) is 24.0 Å². The summed E-state index contributed by atoms with van der Waals surface area (Å²) in [6.07, 6.45) is 1.78. The van der Waals surface area contributed by atoms with Crippen LogP contribution in [0.5, 0.6) is 5.75 Å². The summed E-state index contributed by atoms with van der Waals surface area (Å²) in [5, 5.41) is 6.46. The van der Waals surface area contributed by atoms with E-state index in [1.807, 2.05) is 49.4 Å². The van der Waals surface area contributed by atoms with Gasteiger partial charge in [-0.2, -0.15) is 0 Å². The zero-order valence-corrected chi connectivity index (χ0v) is 17.5. The van der Waals surface area contributed by atoms with Crippen LogP contribution in [-0.2, 0) is 6.54 Å². The number of pyridine rings is 1. The van der Waals surface area contributed by atoms with E-state index in [0.717, 1.165) is 28.4 Å². The van der Waals surface area contributed by atoms with Gasteiger partial charge < -0.3 is 15.4 Å². The summed E-state index contributed by atoms with van der Waals surface area (Å²) in [6.45, 7) is 4.63. The van der Waals surface area contributed by atoms with Crippen molar-refractivity contribution < 1.29 is 4.74 Å². The lowest BCUT2D eigenvalue weighted by molar-refractivity contribution is 0.322. The molecule has 0 spiro atoms. The van der Waals surface area contributed by atoms with E-state index >= 15 is 0 Å². The van der Waals surface area contributed by atoms with E-state index in [9.17, 15) is 0 Å². The summed E-state index contributed by atoms with van der Waals surface area (Å²) in [5.41, 5.74) is 0.941. The number of nitrogens with one attached hydrogen (secondary N) is 2. The third-order valence-electron chi connectivity index (χ3n) is 2.95. The van der Waals surface area contributed by atoms with Crippen molar-refractivity contribution in [2.45, 2.75) is 13.5 Å². The fourth-order valence-electron chi connectivity index (χ4n) is 1.86. The molecule has 0 unspecified atom stereocenters. The molecule has 1 aromatic carbocycles. The maximum absolute atomic E-state index is 5.67. The molecular formula is C17H22BrIN4O. The molecule has 0 aliphatic heterocycles. The van der Waals surface area contributed by atoms with Crippen LogP contribution in [0.3, 0.4) is 0 Å². The lowest BCUT2D eigenvalue weighted by Crippen LogP contribution is -2.39. The van der Waals surface area contributed by atoms with Gasteiger partial charge in [-0.25, -0.2) is 4.99 Å². The molecular weight excluding hydrogens is 483 g/mol. The van der Waals surface area contributed by atoms with Gasteiger partial charge in [0.15, 0.2) is 5.96 Å². The van der Waals surface area contributed by atoms with Crippen LogP contribution in [0.4, 0.5) is 0 Å². The Morgan fingerprint density at radius 1 is 1.17 bits per heavy atom. The van der Waals surface area contributed by atoms with Gasteiger partial charge in [0.2, 0.25) is 0 Å². The zero-order valence-electron chi connectivity index (χ0n) is 13.5. The first-order chi connectivity index (χ1) is 11.3. The molecule has 5 nitrogen and oxygen atoms in total. The third kappa shape index (κ3) is 7.96. The van der Waals surface area contributed by atoms with Crippen LogP contribution >= 0.6 is 39.9 Å². The van der Waals surface area contributed by atoms with Crippen molar-refractivity contribution in [3.63, 3.8) is 0 Å². The average Bonchev–Trinajstić information content (AvgIpc) is 2.59. The molecule has 130 valence electrons. The van der Waals surface area contributed by atoms with E-state index in [4.69, 9.17) is 4.74 Å². The van der Waals surface area contributed by atoms with Crippen molar-refractivity contribution in [1.82, 2.24) is 15.6 Å². The molecule has 0 aliphatic carbocycles. The first-order valence-electron chi connectivity index (χ1n) is 7.58. The van der Waals surface area contributed by atoms with Crippen LogP contribution in [-0.4, -0.2) is 30.6 Å². The molecule has 2 aromatic rings. The molecule has 1 aromatic heterocycles. The molecule has 0 amide bonds. The Bertz CT molecular complexity index is 608. The van der Waals surface area contributed by atoms with Crippen LogP contribution in [0.25, 0.3) is 0 Å². The van der Waals surface area contributed by atoms with Crippen molar-refractivity contribution in [1.29, 1.82) is 0 Å². The molecule has 0 bridgehead atoms. The van der Waals surface area contributed by atoms with Gasteiger partial charge in [-0.3, -0.25) is 4.98 Å². The molecule has 1 heterocycles. The highest BCUT2D eigenvalue weighted by Gasteiger charge is 1.99. The highest BCUT2D eigenvalue weighted by molar-refractivity contribution is 14.0. The van der Waals surface area contributed by atoms with Crippen molar-refractivity contribution in [3.05, 3.63) is 58.8 Å². The number of aromatic nitrogens is 1. The molecule has 0 radical (unpaired) electrons. The van der Waals surface area contributed by atoms with Crippen LogP contribution in [0.1, 0.15) is 12.6 Å². The Morgan fingerprint density at radius 3 is 2.62 bits per heavy atom. The fraction of sp³-hybridized carbons (Fsp3) is 0.294. The van der Waals surface area contributed by atoms with E-state index in [2.05, 4.69) is 36.5 Å². The summed E-state index contributed by atoms with van der Waals surface area (Å²) in [6, 6.07) is 13.6. The number of nitrogens with zero attached hydrogens (tertiary/aromatic N) is 2. The molecule has 0 saturated carbocycles. The standard InChI is InChI=1S/C17H21BrN4O.HI/c1-2-19-17(22-13-15-5-3-4-10-20-15)21-11-12-23-16-8-6-14(18)7-9-16;/h3-10H,2,11-13H2,1H3,(H2,19,21,22);1H. The predicted molar refractivity (Wildman–Crippen MR) is 112 cm³/mol. The Balaban J connectivity index is 0.00000288. The van der Waals surface area contributed by atoms with E-state index in [-0.39, 0.29) is 24.0 Å². The van der Waals surface area contributed by atoms with E-state index < -0.39 is 0 Å². The van der Waals surface area contributed by atoms with Gasteiger partial charge in [0.25, 0.3) is 0 Å². The number of guanidine groups is 1. The van der Waals surface area contributed by atoms with Gasteiger partial charge in [-0.05, 0) is 43.3 Å². The largest absolute Gasteiger partial charge is 0.492 e. The van der Waals surface area contributed by atoms with Crippen LogP contribution in [0.15, 0.2) is 58.1 Å². The van der Waals surface area contributed by atoms with Crippen molar-refractivity contribution in [2.24, 2.45) is 4.99 Å². The summed E-state index contributed by atoms with van der Waals surface area (Å²) in [7, 11) is 0. The first-order valence-corrected chi connectivity index (χ1v) is 8.37. The second-order valence-corrected chi connectivity index (χ2v) is 5.66. The number of benzene rings is 1. The zero-order chi connectivity index (χ0) is 16.3. The normalized spacial score (nSPS) is 10.7. The van der Waals surface area contributed by atoms with Crippen molar-refractivity contribution in [2.75, 3.05) is 19.7 Å². The number of hydrogen-bond donors (Lipinski definition) is 2. The number of rotatable bonds is 7. The number of hydrogen-bond acceptors (Lipinski definition) is 3. The minimum Gasteiger partial charge on any atom is -0.492 e. The predicted octanol–water partition coefficient (Wildman–Crippen LogP) is 3.60. The van der Waals surface area contributed by atoms with E-state index in [1.54, 1.807) is 6.20 Å². The lowest BCUT2D eigenvalue weighted by Gasteiger charge is -2.12. The van der Waals surface area contributed by atoms with Crippen LogP contribution in [0.2, 0.25) is 0 Å². The lowest BCUT2D eigenvalue weighted by atomic mass is 10.3. The topological polar surface area (TPSA) is 58.5 Å². The molecule has 0 fully saturated rings. The molecule has 24 heavy (non-hydrogen) atoms. The molecule has 2 rings (SSSR count). The minimum atomic E-state index is 0. The summed E-state index contributed by atoms with van der Waals surface area (Å²) in [4.78, 5) is 8.77. The number of halogens is 2. The maximum atomic E-state index is 5.67. The Labute approximate surface area is 168 Å². The van der Waals surface area contributed by atoms with Gasteiger partial charge in [0, 0.05) is 17.2 Å². The molecule has 0 aliphatic rings. The second kappa shape index (κ2) is 12.1. The van der Waals surface area contributed by atoms with Crippen LogP contribution in [0, 0.1) is 0 Å². The van der Waals surface area contributed by atoms with E-state index in [0.29, 0.717) is 19.7 Å². The minimum absolute atomic E-state index is 0. The highest BCUT2D eigenvalue weighted by atomic mass is 127. The van der Waals surface area contributed by atoms with Crippen LogP contribution < -0.4 is 15.4 Å². The summed E-state index contributed by atoms with van der Waals surface area (Å²) >= 11 is 3.40. The summed E-state index contributed by atoms with van der Waals surface area (Å²) in [5.74, 6) is 1.61. The highest BCUT2D eigenvalue weighted by Crippen LogP contribution is 2.15. The van der Waals surface area contributed by atoms with Crippen molar-refractivity contribution in [3.8, 4) is 5.75 Å². The van der Waals surface area contributed by atoms with Gasteiger partial charge >= 0.3 is 0 Å². The molecule has 0 atom stereocenters. The Kier molecular flexibility index (Phi) is 10.4. The third-order valence-corrected chi connectivity index (χ3v) is 3.48. The fourth-order valence-corrected chi connectivity index (χ4v) is 2.13. The Hall–Kier alpha value is -1.35. The van der Waals surface area contributed by atoms with Gasteiger partial charge in [0.05, 0.1) is 18.8 Å². The summed E-state index contributed by atoms with van der Waals surface area (Å²) < 4.78 is 6.71. The maximum Gasteiger partial charge on any atom is 0.191 e. The Morgan fingerprint density at radius 2 is 1.96 bits per heavy atom. The van der Waals surface area contributed by atoms with Gasteiger partial charge in [-0.1, -0.05) is 22.0 Å². The SMILES string of the molecule is CCNC(=NCc1ccccn1)NCCOc1ccc(Br)cc1.I. The molecule has 0 saturated heterocycles. The van der Waals surface area contributed by atoms with Gasteiger partial charge in [0.1, 0.15) is 12.4 Å². The molecule has 7 heteroatoms. The smallest absolute Gasteiger partial charge is 0.191 e. The quantitative estimate of drug-likeness (QED) is 0.262. The number of aliphatic imine (C=N–C) groups is 1. The van der Waals surface area contributed by atoms with Crippen molar-refractivity contribution >= 4 is 45.9 Å². The van der Waals surface area contributed by atoms with E-state index in [1.165, 1.54) is 0 Å². The second-order valence-electron chi connectivity index (χ2n) is 4.75. The first kappa shape index (κ1) is 20.7. The number of ether oxygens (including phenoxy) is 1.